The molecule has 1 N–H and O–H groups in total. The van der Waals surface area contributed by atoms with Crippen molar-refractivity contribution >= 4 is 62.6 Å². The van der Waals surface area contributed by atoms with Gasteiger partial charge < -0.3 is 4.57 Å². The van der Waals surface area contributed by atoms with Crippen LogP contribution in [0.1, 0.15) is 28.1 Å². The van der Waals surface area contributed by atoms with Crippen LogP contribution in [0.3, 0.4) is 0 Å². The Morgan fingerprint density at radius 1 is 0.925 bits per heavy atom. The minimum Gasteiger partial charge on any atom is -0.316 e. The summed E-state index contributed by atoms with van der Waals surface area (Å²) in [6.07, 6.45) is 1.51. The molecule has 0 atom stereocenters. The van der Waals surface area contributed by atoms with Crippen molar-refractivity contribution in [3.63, 3.8) is 0 Å². The summed E-state index contributed by atoms with van der Waals surface area (Å²) in [5.74, 6) is -0.615. The molecule has 1 heterocycles. The number of amides is 1. The molecule has 4 aromatic rings. The van der Waals surface area contributed by atoms with Crippen LogP contribution >= 0.6 is 34.8 Å². The van der Waals surface area contributed by atoms with Crippen LogP contribution in [0.25, 0.3) is 5.69 Å². The molecule has 1 aromatic heterocycles. The Kier molecular flexibility index (Phi) is 8.95. The number of carbonyl (C=O) groups is 1. The minimum absolute atomic E-state index is 0.0667. The molecular formula is C29H27Cl3N4O3S. The molecule has 0 aliphatic rings. The van der Waals surface area contributed by atoms with E-state index in [1.165, 1.54) is 18.3 Å². The first-order chi connectivity index (χ1) is 18.9. The van der Waals surface area contributed by atoms with Gasteiger partial charge in [-0.1, -0.05) is 52.5 Å². The Labute approximate surface area is 249 Å². The molecule has 0 radical (unpaired) electrons. The summed E-state index contributed by atoms with van der Waals surface area (Å²) >= 11 is 18.6. The van der Waals surface area contributed by atoms with E-state index in [1.807, 2.05) is 37.5 Å². The average Bonchev–Trinajstić information content (AvgIpc) is 3.16. The van der Waals surface area contributed by atoms with Crippen molar-refractivity contribution in [1.29, 1.82) is 0 Å². The fourth-order valence-electron chi connectivity index (χ4n) is 4.33. The predicted octanol–water partition coefficient (Wildman–Crippen LogP) is 7.02. The lowest BCUT2D eigenvalue weighted by Gasteiger charge is -2.25. The molecule has 0 bridgehead atoms. The Morgan fingerprint density at radius 2 is 1.57 bits per heavy atom. The summed E-state index contributed by atoms with van der Waals surface area (Å²) in [7, 11) is -4.07. The molecule has 7 nitrogen and oxygen atoms in total. The van der Waals surface area contributed by atoms with E-state index in [4.69, 9.17) is 34.8 Å². The van der Waals surface area contributed by atoms with E-state index in [0.717, 1.165) is 32.5 Å². The number of anilines is 1. The van der Waals surface area contributed by atoms with Gasteiger partial charge in [-0.15, -0.1) is 0 Å². The molecule has 0 aliphatic heterocycles. The van der Waals surface area contributed by atoms with Gasteiger partial charge in [0.05, 0.1) is 27.5 Å². The highest BCUT2D eigenvalue weighted by Crippen LogP contribution is 2.30. The van der Waals surface area contributed by atoms with Crippen LogP contribution in [0.2, 0.25) is 15.1 Å². The number of halogens is 3. The molecule has 11 heteroatoms. The molecule has 0 fully saturated rings. The predicted molar refractivity (Wildman–Crippen MR) is 163 cm³/mol. The zero-order chi connectivity index (χ0) is 29.2. The maximum Gasteiger partial charge on any atom is 0.264 e. The van der Waals surface area contributed by atoms with Crippen LogP contribution in [0.4, 0.5) is 5.69 Å². The molecule has 0 spiro atoms. The molecule has 4 rings (SSSR count). The van der Waals surface area contributed by atoms with Gasteiger partial charge in [0.15, 0.2) is 0 Å². The third-order valence-electron chi connectivity index (χ3n) is 6.34. The first-order valence-corrected chi connectivity index (χ1v) is 14.8. The Bertz CT molecular complexity index is 1720. The maximum absolute atomic E-state index is 13.6. The topological polar surface area (TPSA) is 83.8 Å². The summed E-state index contributed by atoms with van der Waals surface area (Å²) in [4.78, 5) is 13.1. The lowest BCUT2D eigenvalue weighted by atomic mass is 10.2. The Morgan fingerprint density at radius 3 is 2.23 bits per heavy atom. The van der Waals surface area contributed by atoms with Crippen LogP contribution in [-0.4, -0.2) is 31.7 Å². The fourth-order valence-corrected chi connectivity index (χ4v) is 6.53. The molecule has 208 valence electrons. The number of nitrogens with zero attached hydrogens (tertiary/aromatic N) is 3. The summed E-state index contributed by atoms with van der Waals surface area (Å²) in [6.45, 7) is 6.94. The van der Waals surface area contributed by atoms with Gasteiger partial charge in [-0.2, -0.15) is 5.10 Å². The normalized spacial score (nSPS) is 11.7. The molecule has 40 heavy (non-hydrogen) atoms. The van der Waals surface area contributed by atoms with E-state index in [9.17, 15) is 13.2 Å². The van der Waals surface area contributed by atoms with E-state index >= 15 is 0 Å². The number of aryl methyl sites for hydroxylation is 3. The molecule has 0 saturated carbocycles. The first-order valence-electron chi connectivity index (χ1n) is 12.2. The number of carbonyl (C=O) groups excluding carboxylic acids is 1. The van der Waals surface area contributed by atoms with Gasteiger partial charge >= 0.3 is 0 Å². The molecule has 3 aromatic carbocycles. The number of hydrogen-bond donors (Lipinski definition) is 1. The van der Waals surface area contributed by atoms with E-state index in [1.54, 1.807) is 49.4 Å². The zero-order valence-corrected chi connectivity index (χ0v) is 25.3. The smallest absolute Gasteiger partial charge is 0.264 e. The van der Waals surface area contributed by atoms with Gasteiger partial charge in [-0.25, -0.2) is 13.8 Å². The number of nitrogens with one attached hydrogen (secondary N) is 1. The van der Waals surface area contributed by atoms with Crippen LogP contribution in [0, 0.1) is 27.7 Å². The Hall–Kier alpha value is -3.30. The highest BCUT2D eigenvalue weighted by molar-refractivity contribution is 7.92. The summed E-state index contributed by atoms with van der Waals surface area (Å²) < 4.78 is 30.3. The van der Waals surface area contributed by atoms with Crippen LogP contribution in [-0.2, 0) is 14.8 Å². The third-order valence-corrected chi connectivity index (χ3v) is 8.88. The van der Waals surface area contributed by atoms with Crippen molar-refractivity contribution in [3.05, 3.63) is 110 Å². The van der Waals surface area contributed by atoms with Gasteiger partial charge in [0.1, 0.15) is 6.54 Å². The van der Waals surface area contributed by atoms with Crippen molar-refractivity contribution in [1.82, 2.24) is 9.99 Å². The molecule has 1 amide bonds. The van der Waals surface area contributed by atoms with Crippen molar-refractivity contribution in [2.45, 2.75) is 32.6 Å². The molecular weight excluding hydrogens is 591 g/mol. The van der Waals surface area contributed by atoms with E-state index in [-0.39, 0.29) is 4.90 Å². The summed E-state index contributed by atoms with van der Waals surface area (Å²) in [5, 5.41) is 5.59. The number of hydrazone groups is 1. The fraction of sp³-hybridized carbons (Fsp3) is 0.172. The van der Waals surface area contributed by atoms with Gasteiger partial charge in [0.2, 0.25) is 0 Å². The minimum atomic E-state index is -4.07. The second-order valence-electron chi connectivity index (χ2n) is 9.31. The van der Waals surface area contributed by atoms with Crippen LogP contribution in [0.5, 0.6) is 0 Å². The zero-order valence-electron chi connectivity index (χ0n) is 22.2. The first kappa shape index (κ1) is 29.7. The highest BCUT2D eigenvalue weighted by Gasteiger charge is 2.28. The van der Waals surface area contributed by atoms with Gasteiger partial charge in [-0.05, 0) is 87.9 Å². The average molecular weight is 618 g/mol. The van der Waals surface area contributed by atoms with Crippen molar-refractivity contribution in [3.8, 4) is 5.69 Å². The van der Waals surface area contributed by atoms with E-state index < -0.39 is 22.5 Å². The third kappa shape index (κ3) is 6.36. The lowest BCUT2D eigenvalue weighted by Crippen LogP contribution is -2.40. The number of hydrogen-bond acceptors (Lipinski definition) is 4. The quantitative estimate of drug-likeness (QED) is 0.170. The number of rotatable bonds is 8. The van der Waals surface area contributed by atoms with Gasteiger partial charge in [-0.3, -0.25) is 9.10 Å². The molecule has 0 unspecified atom stereocenters. The summed E-state index contributed by atoms with van der Waals surface area (Å²) in [6, 6.07) is 18.4. The lowest BCUT2D eigenvalue weighted by molar-refractivity contribution is -0.119. The number of sulfonamides is 1. The van der Waals surface area contributed by atoms with Gasteiger partial charge in [0.25, 0.3) is 15.9 Å². The summed E-state index contributed by atoms with van der Waals surface area (Å²) in [5.41, 5.74) is 7.58. The molecule has 0 aliphatic carbocycles. The second-order valence-corrected chi connectivity index (χ2v) is 12.4. The van der Waals surface area contributed by atoms with Gasteiger partial charge in [0, 0.05) is 27.0 Å². The van der Waals surface area contributed by atoms with E-state index in [2.05, 4.69) is 10.5 Å². The van der Waals surface area contributed by atoms with Crippen molar-refractivity contribution in [2.75, 3.05) is 10.8 Å². The van der Waals surface area contributed by atoms with Crippen molar-refractivity contribution < 1.29 is 13.2 Å². The number of aromatic nitrogens is 1. The largest absolute Gasteiger partial charge is 0.316 e. The number of benzene rings is 3. The van der Waals surface area contributed by atoms with E-state index in [0.29, 0.717) is 26.3 Å². The standard InChI is InChI=1S/C29H27Cl3N4O3S/c1-18-5-9-25(10-6-18)40(38,39)35(27-11-7-23(30)13-19(27)2)17-29(37)34-33-16-22-14-20(3)36(21(22)4)28-12-8-24(31)15-26(28)32/h5-16H,17H2,1-4H3,(H,34,37)/b33-16+. The van der Waals surface area contributed by atoms with Crippen molar-refractivity contribution in [2.24, 2.45) is 5.10 Å². The SMILES string of the molecule is Cc1ccc(S(=O)(=O)N(CC(=O)N/N=C/c2cc(C)n(-c3ccc(Cl)cc3Cl)c2C)c2ccc(Cl)cc2C)cc1. The monoisotopic (exact) mass is 616 g/mol. The highest BCUT2D eigenvalue weighted by atomic mass is 35.5. The van der Waals surface area contributed by atoms with Crippen LogP contribution < -0.4 is 9.73 Å². The van der Waals surface area contributed by atoms with Crippen LogP contribution in [0.15, 0.2) is 76.7 Å². The Balaban J connectivity index is 1.58. The molecule has 0 saturated heterocycles. The maximum atomic E-state index is 13.6. The second kappa shape index (κ2) is 12.1.